The van der Waals surface area contributed by atoms with E-state index in [-0.39, 0.29) is 24.3 Å². The predicted octanol–water partition coefficient (Wildman–Crippen LogP) is 2.69. The summed E-state index contributed by atoms with van der Waals surface area (Å²) >= 11 is 0. The maximum atomic E-state index is 12.9. The van der Waals surface area contributed by atoms with E-state index in [4.69, 9.17) is 5.73 Å². The Kier molecular flexibility index (Phi) is 2.10. The van der Waals surface area contributed by atoms with Gasteiger partial charge in [0.25, 0.3) is 0 Å². The van der Waals surface area contributed by atoms with Crippen molar-refractivity contribution >= 4 is 0 Å². The van der Waals surface area contributed by atoms with Gasteiger partial charge in [0, 0.05) is 18.4 Å². The Balaban J connectivity index is 1.83. The largest absolute Gasteiger partial charge is 0.325 e. The van der Waals surface area contributed by atoms with Crippen molar-refractivity contribution in [2.24, 2.45) is 11.7 Å². The smallest absolute Gasteiger partial charge is 0.248 e. The first kappa shape index (κ1) is 9.38. The maximum Gasteiger partial charge on any atom is 0.248 e. The van der Waals surface area contributed by atoms with Gasteiger partial charge in [0.05, 0.1) is 0 Å². The second kappa shape index (κ2) is 2.91. The van der Waals surface area contributed by atoms with Gasteiger partial charge in [0.15, 0.2) is 0 Å². The number of hydrogen-bond donors (Lipinski definition) is 1. The van der Waals surface area contributed by atoms with Crippen molar-refractivity contribution in [2.45, 2.75) is 56.4 Å². The highest BCUT2D eigenvalue weighted by Gasteiger charge is 2.43. The molecule has 0 heterocycles. The first-order valence-corrected chi connectivity index (χ1v) is 5.16. The van der Waals surface area contributed by atoms with Crippen LogP contribution < -0.4 is 5.73 Å². The summed E-state index contributed by atoms with van der Waals surface area (Å²) in [5.74, 6) is -2.22. The van der Waals surface area contributed by atoms with E-state index >= 15 is 0 Å². The molecular weight excluding hydrogens is 172 g/mol. The summed E-state index contributed by atoms with van der Waals surface area (Å²) < 4.78 is 25.7. The fraction of sp³-hybridized carbons (Fsp3) is 1.00. The topological polar surface area (TPSA) is 26.0 Å². The zero-order chi connectivity index (χ0) is 9.53. The summed E-state index contributed by atoms with van der Waals surface area (Å²) in [6.45, 7) is 0. The van der Waals surface area contributed by atoms with Gasteiger partial charge in [-0.25, -0.2) is 8.78 Å². The molecule has 0 spiro atoms. The molecule has 76 valence electrons. The van der Waals surface area contributed by atoms with Crippen molar-refractivity contribution in [3.05, 3.63) is 0 Å². The molecule has 0 aliphatic heterocycles. The van der Waals surface area contributed by atoms with Crippen molar-refractivity contribution in [2.75, 3.05) is 0 Å². The van der Waals surface area contributed by atoms with Crippen molar-refractivity contribution < 1.29 is 8.78 Å². The Hall–Kier alpha value is -0.180. The van der Waals surface area contributed by atoms with Crippen molar-refractivity contribution in [1.82, 2.24) is 0 Å². The van der Waals surface area contributed by atoms with Gasteiger partial charge in [0.1, 0.15) is 0 Å². The number of hydrogen-bond acceptors (Lipinski definition) is 1. The van der Waals surface area contributed by atoms with Gasteiger partial charge in [-0.15, -0.1) is 0 Å². The number of rotatable bonds is 2. The molecule has 2 fully saturated rings. The van der Waals surface area contributed by atoms with Crippen LogP contribution in [0.5, 0.6) is 0 Å². The molecule has 2 aliphatic carbocycles. The molecule has 0 amide bonds. The molecule has 0 aromatic carbocycles. The van der Waals surface area contributed by atoms with Gasteiger partial charge >= 0.3 is 0 Å². The van der Waals surface area contributed by atoms with Gasteiger partial charge in [-0.05, 0) is 38.0 Å². The normalized spacial score (nSPS) is 35.8. The summed E-state index contributed by atoms with van der Waals surface area (Å²) in [4.78, 5) is 0. The second-order valence-corrected chi connectivity index (χ2v) is 4.88. The van der Waals surface area contributed by atoms with E-state index in [1.165, 1.54) is 6.42 Å². The molecular formula is C10H17F2N. The lowest BCUT2D eigenvalue weighted by Gasteiger charge is -2.40. The molecule has 1 atom stereocenters. The molecule has 0 radical (unpaired) electrons. The number of nitrogens with two attached hydrogens (primary N) is 1. The fourth-order valence-corrected chi connectivity index (χ4v) is 2.63. The Morgan fingerprint density at radius 2 is 1.92 bits per heavy atom. The van der Waals surface area contributed by atoms with E-state index in [1.807, 2.05) is 0 Å². The third kappa shape index (κ3) is 2.01. The van der Waals surface area contributed by atoms with Crippen LogP contribution in [0.3, 0.4) is 0 Å². The minimum atomic E-state index is -2.40. The highest BCUT2D eigenvalue weighted by atomic mass is 19.3. The summed E-state index contributed by atoms with van der Waals surface area (Å²) in [6.07, 6.45) is 4.90. The van der Waals surface area contributed by atoms with Crippen LogP contribution >= 0.6 is 0 Å². The third-order valence-corrected chi connectivity index (χ3v) is 3.55. The first-order valence-electron chi connectivity index (χ1n) is 5.16. The average molecular weight is 189 g/mol. The summed E-state index contributed by atoms with van der Waals surface area (Å²) in [5, 5.41) is 0. The lowest BCUT2D eigenvalue weighted by molar-refractivity contribution is 0.00292. The Morgan fingerprint density at radius 1 is 1.23 bits per heavy atom. The molecule has 1 unspecified atom stereocenters. The molecule has 0 bridgehead atoms. The lowest BCUT2D eigenvalue weighted by Crippen LogP contribution is -2.47. The Labute approximate surface area is 77.7 Å². The minimum absolute atomic E-state index is 0.0753. The van der Waals surface area contributed by atoms with Crippen LogP contribution in [-0.2, 0) is 0 Å². The van der Waals surface area contributed by atoms with E-state index in [9.17, 15) is 8.78 Å². The molecule has 0 saturated heterocycles. The molecule has 0 aromatic rings. The van der Waals surface area contributed by atoms with Crippen LogP contribution in [0.25, 0.3) is 0 Å². The van der Waals surface area contributed by atoms with Crippen LogP contribution in [0.4, 0.5) is 8.78 Å². The highest BCUT2D eigenvalue weighted by Crippen LogP contribution is 2.45. The van der Waals surface area contributed by atoms with E-state index in [1.54, 1.807) is 0 Å². The van der Waals surface area contributed by atoms with Gasteiger partial charge in [-0.1, -0.05) is 0 Å². The molecule has 3 heteroatoms. The molecule has 2 aliphatic rings. The van der Waals surface area contributed by atoms with Crippen LogP contribution in [0.1, 0.15) is 44.9 Å². The van der Waals surface area contributed by atoms with Gasteiger partial charge < -0.3 is 5.73 Å². The van der Waals surface area contributed by atoms with Crippen molar-refractivity contribution in [3.63, 3.8) is 0 Å². The number of alkyl halides is 2. The third-order valence-electron chi connectivity index (χ3n) is 3.55. The quantitative estimate of drug-likeness (QED) is 0.710. The minimum Gasteiger partial charge on any atom is -0.325 e. The fourth-order valence-electron chi connectivity index (χ4n) is 2.63. The van der Waals surface area contributed by atoms with Crippen molar-refractivity contribution in [1.29, 1.82) is 0 Å². The maximum absolute atomic E-state index is 12.9. The van der Waals surface area contributed by atoms with Crippen LogP contribution in [0.2, 0.25) is 0 Å². The molecule has 2 N–H and O–H groups in total. The van der Waals surface area contributed by atoms with Crippen LogP contribution in [0.15, 0.2) is 0 Å². The molecule has 1 nitrogen and oxygen atoms in total. The number of halogens is 2. The average Bonchev–Trinajstić information content (AvgIpc) is 2.27. The van der Waals surface area contributed by atoms with Crippen LogP contribution in [0, 0.1) is 5.92 Å². The summed E-state index contributed by atoms with van der Waals surface area (Å²) in [6, 6.07) is 0. The Bertz CT molecular complexity index is 199. The van der Waals surface area contributed by atoms with E-state index in [0.717, 1.165) is 19.3 Å². The van der Waals surface area contributed by atoms with Gasteiger partial charge in [-0.2, -0.15) is 0 Å². The summed E-state index contributed by atoms with van der Waals surface area (Å²) in [7, 11) is 0. The van der Waals surface area contributed by atoms with E-state index < -0.39 is 5.92 Å². The summed E-state index contributed by atoms with van der Waals surface area (Å²) in [5.41, 5.74) is 5.95. The van der Waals surface area contributed by atoms with Gasteiger partial charge in [-0.3, -0.25) is 0 Å². The van der Waals surface area contributed by atoms with E-state index in [2.05, 4.69) is 0 Å². The first-order chi connectivity index (χ1) is 5.99. The zero-order valence-electron chi connectivity index (χ0n) is 7.86. The lowest BCUT2D eigenvalue weighted by atomic mass is 9.72. The highest BCUT2D eigenvalue weighted by molar-refractivity contribution is 4.96. The SMILES string of the molecule is NC1(CC2CCC(F)(F)C2)CCC1. The molecule has 2 saturated carbocycles. The van der Waals surface area contributed by atoms with Crippen molar-refractivity contribution in [3.8, 4) is 0 Å². The Morgan fingerprint density at radius 3 is 2.31 bits per heavy atom. The zero-order valence-corrected chi connectivity index (χ0v) is 7.86. The van der Waals surface area contributed by atoms with Crippen LogP contribution in [-0.4, -0.2) is 11.5 Å². The standard InChI is InChI=1S/C10H17F2N/c11-10(12)5-2-8(7-10)6-9(13)3-1-4-9/h8H,1-7,13H2. The van der Waals surface area contributed by atoms with Gasteiger partial charge in [0.2, 0.25) is 5.92 Å². The molecule has 13 heavy (non-hydrogen) atoms. The molecule has 2 rings (SSSR count). The second-order valence-electron chi connectivity index (χ2n) is 4.88. The molecule has 0 aromatic heterocycles. The predicted molar refractivity (Wildman–Crippen MR) is 47.7 cm³/mol. The monoisotopic (exact) mass is 189 g/mol. The van der Waals surface area contributed by atoms with E-state index in [0.29, 0.717) is 6.42 Å².